The zero-order valence-electron chi connectivity index (χ0n) is 16.2. The largest absolute Gasteiger partial charge is 0.508 e. The molecule has 0 spiro atoms. The summed E-state index contributed by atoms with van der Waals surface area (Å²) in [4.78, 5) is 24.5. The van der Waals surface area contributed by atoms with Gasteiger partial charge in [0.2, 0.25) is 0 Å². The molecule has 0 aliphatic rings. The van der Waals surface area contributed by atoms with Crippen LogP contribution >= 0.6 is 0 Å². The van der Waals surface area contributed by atoms with Gasteiger partial charge in [-0.15, -0.1) is 0 Å². The summed E-state index contributed by atoms with van der Waals surface area (Å²) in [5.41, 5.74) is 0.0305. The van der Waals surface area contributed by atoms with E-state index in [0.29, 0.717) is 0 Å². The Labute approximate surface area is 171 Å². The van der Waals surface area contributed by atoms with Crippen molar-refractivity contribution in [3.8, 4) is 23.0 Å². The first-order chi connectivity index (χ1) is 14.0. The predicted molar refractivity (Wildman–Crippen MR) is 102 cm³/mol. The van der Waals surface area contributed by atoms with E-state index >= 15 is 0 Å². The van der Waals surface area contributed by atoms with Crippen molar-refractivity contribution in [2.24, 2.45) is 0 Å². The first-order valence-electron chi connectivity index (χ1n) is 8.77. The van der Waals surface area contributed by atoms with Gasteiger partial charge in [0.05, 0.1) is 6.61 Å². The number of hydrogen-bond acceptors (Lipinski definition) is 10. The molecule has 0 saturated heterocycles. The van der Waals surface area contributed by atoms with Crippen molar-refractivity contribution in [1.82, 2.24) is 0 Å². The summed E-state index contributed by atoms with van der Waals surface area (Å²) < 4.78 is 9.97. The van der Waals surface area contributed by atoms with Gasteiger partial charge in [-0.1, -0.05) is 0 Å². The van der Waals surface area contributed by atoms with Crippen molar-refractivity contribution in [2.45, 2.75) is 26.1 Å². The molecule has 6 N–H and O–H groups in total. The second-order valence-corrected chi connectivity index (χ2v) is 6.60. The van der Waals surface area contributed by atoms with Gasteiger partial charge in [0.1, 0.15) is 52.9 Å². The highest BCUT2D eigenvalue weighted by Crippen LogP contribution is 2.31. The van der Waals surface area contributed by atoms with Gasteiger partial charge in [0, 0.05) is 12.1 Å². The van der Waals surface area contributed by atoms with Crippen molar-refractivity contribution in [2.75, 3.05) is 13.2 Å². The van der Waals surface area contributed by atoms with Crippen LogP contribution in [0.4, 0.5) is 0 Å². The molecule has 2 unspecified atom stereocenters. The van der Waals surface area contributed by atoms with Crippen molar-refractivity contribution < 1.29 is 49.7 Å². The summed E-state index contributed by atoms with van der Waals surface area (Å²) in [5, 5.41) is 57.0. The fourth-order valence-electron chi connectivity index (χ4n) is 2.70. The summed E-state index contributed by atoms with van der Waals surface area (Å²) in [5.74, 6) is -3.34. The third-order valence-electron chi connectivity index (χ3n) is 4.22. The van der Waals surface area contributed by atoms with Crippen LogP contribution in [0, 0.1) is 13.8 Å². The molecule has 10 heteroatoms. The topological polar surface area (TPSA) is 174 Å². The Bertz CT molecular complexity index is 907. The second kappa shape index (κ2) is 9.44. The average Bonchev–Trinajstić information content (AvgIpc) is 2.63. The normalized spacial score (nSPS) is 12.8. The van der Waals surface area contributed by atoms with Crippen molar-refractivity contribution in [3.63, 3.8) is 0 Å². The Hall–Kier alpha value is -3.34. The van der Waals surface area contributed by atoms with E-state index < -0.39 is 48.9 Å². The minimum atomic E-state index is -1.51. The van der Waals surface area contributed by atoms with Crippen LogP contribution in [0.1, 0.15) is 31.8 Å². The van der Waals surface area contributed by atoms with Gasteiger partial charge in [-0.05, 0) is 37.1 Å². The molecule has 2 aromatic rings. The number of aryl methyl sites for hydroxylation is 2. The molecule has 0 bridgehead atoms. The van der Waals surface area contributed by atoms with Gasteiger partial charge >= 0.3 is 11.9 Å². The number of hydrogen-bond donors (Lipinski definition) is 6. The average molecular weight is 422 g/mol. The predicted octanol–water partition coefficient (Wildman–Crippen LogP) is 0.510. The lowest BCUT2D eigenvalue weighted by molar-refractivity contribution is -0.0468. The van der Waals surface area contributed by atoms with E-state index in [-0.39, 0.29) is 33.8 Å². The minimum Gasteiger partial charge on any atom is -0.508 e. The van der Waals surface area contributed by atoms with Crippen LogP contribution in [0.3, 0.4) is 0 Å². The summed E-state index contributed by atoms with van der Waals surface area (Å²) >= 11 is 0. The molecule has 0 aliphatic carbocycles. The molecule has 2 rings (SSSR count). The van der Waals surface area contributed by atoms with Crippen LogP contribution in [0.15, 0.2) is 24.3 Å². The standard InChI is InChI=1S/C20H22O10/c1-9-3-11(22)5-13(23)18(9)20(28)30-12-4-10(2)17(14(24)6-12)19(27)29-8-16(26)15(25)7-21/h3-6,15-16,21-26H,7-8H2,1-2H3. The summed E-state index contributed by atoms with van der Waals surface area (Å²) in [6.45, 7) is 1.59. The molecule has 0 amide bonds. The van der Waals surface area contributed by atoms with Gasteiger partial charge in [-0.3, -0.25) is 0 Å². The van der Waals surface area contributed by atoms with Gasteiger partial charge in [-0.2, -0.15) is 0 Å². The molecule has 0 fully saturated rings. The maximum Gasteiger partial charge on any atom is 0.347 e. The summed E-state index contributed by atoms with van der Waals surface area (Å²) in [7, 11) is 0. The molecular weight excluding hydrogens is 400 g/mol. The smallest absolute Gasteiger partial charge is 0.347 e. The van der Waals surface area contributed by atoms with Crippen LogP contribution in [0.5, 0.6) is 23.0 Å². The quantitative estimate of drug-likeness (QED) is 0.272. The maximum absolute atomic E-state index is 12.4. The molecule has 0 saturated carbocycles. The van der Waals surface area contributed by atoms with E-state index in [9.17, 15) is 35.1 Å². The van der Waals surface area contributed by atoms with Crippen LogP contribution in [-0.4, -0.2) is 68.0 Å². The highest BCUT2D eigenvalue weighted by molar-refractivity contribution is 5.97. The van der Waals surface area contributed by atoms with E-state index in [4.69, 9.17) is 14.6 Å². The van der Waals surface area contributed by atoms with Crippen molar-refractivity contribution >= 4 is 11.9 Å². The van der Waals surface area contributed by atoms with Gasteiger partial charge in [0.25, 0.3) is 0 Å². The minimum absolute atomic E-state index is 0.117. The van der Waals surface area contributed by atoms with E-state index in [1.807, 2.05) is 0 Å². The number of aromatic hydroxyl groups is 3. The molecule has 10 nitrogen and oxygen atoms in total. The van der Waals surface area contributed by atoms with Crippen molar-refractivity contribution in [3.05, 3.63) is 46.5 Å². The van der Waals surface area contributed by atoms with Crippen LogP contribution < -0.4 is 4.74 Å². The second-order valence-electron chi connectivity index (χ2n) is 6.60. The number of carbonyl (C=O) groups excluding carboxylic acids is 2. The SMILES string of the molecule is Cc1cc(OC(=O)c2c(C)cc(O)cc2O)cc(O)c1C(=O)OCC(O)C(O)CO. The molecule has 30 heavy (non-hydrogen) atoms. The molecule has 0 radical (unpaired) electrons. The molecule has 0 aliphatic heterocycles. The van der Waals surface area contributed by atoms with Crippen LogP contribution in [-0.2, 0) is 4.74 Å². The van der Waals surface area contributed by atoms with Crippen LogP contribution in [0.25, 0.3) is 0 Å². The molecule has 0 aromatic heterocycles. The summed E-state index contributed by atoms with van der Waals surface area (Å²) in [6.07, 6.45) is -3.00. The Morgan fingerprint density at radius 2 is 1.43 bits per heavy atom. The molecule has 2 aromatic carbocycles. The fourth-order valence-corrected chi connectivity index (χ4v) is 2.70. The van der Waals surface area contributed by atoms with E-state index in [2.05, 4.69) is 0 Å². The number of phenolic OH excluding ortho intramolecular Hbond substituents is 3. The van der Waals surface area contributed by atoms with Gasteiger partial charge < -0.3 is 40.1 Å². The number of carbonyl (C=O) groups is 2. The first kappa shape index (κ1) is 22.9. The highest BCUT2D eigenvalue weighted by atomic mass is 16.5. The lowest BCUT2D eigenvalue weighted by Gasteiger charge is -2.16. The number of rotatable bonds is 7. The number of ether oxygens (including phenoxy) is 2. The Balaban J connectivity index is 2.18. The molecular formula is C20H22O10. The zero-order valence-corrected chi connectivity index (χ0v) is 16.2. The summed E-state index contributed by atoms with van der Waals surface area (Å²) in [6, 6.07) is 4.52. The number of esters is 2. The third-order valence-corrected chi connectivity index (χ3v) is 4.22. The van der Waals surface area contributed by atoms with E-state index in [1.54, 1.807) is 0 Å². The van der Waals surface area contributed by atoms with Gasteiger partial charge in [-0.25, -0.2) is 9.59 Å². The highest BCUT2D eigenvalue weighted by Gasteiger charge is 2.23. The first-order valence-corrected chi connectivity index (χ1v) is 8.77. The van der Waals surface area contributed by atoms with Crippen LogP contribution in [0.2, 0.25) is 0 Å². The Kier molecular flexibility index (Phi) is 7.22. The number of benzene rings is 2. The fraction of sp³-hybridized carbons (Fsp3) is 0.300. The van der Waals surface area contributed by atoms with E-state index in [1.165, 1.54) is 26.0 Å². The number of phenols is 3. The number of aliphatic hydroxyl groups is 3. The molecule has 162 valence electrons. The Morgan fingerprint density at radius 3 is 2.00 bits per heavy atom. The maximum atomic E-state index is 12.4. The lowest BCUT2D eigenvalue weighted by Crippen LogP contribution is -2.34. The zero-order chi connectivity index (χ0) is 22.6. The number of aliphatic hydroxyl groups excluding tert-OH is 3. The molecule has 2 atom stereocenters. The Morgan fingerprint density at radius 1 is 0.867 bits per heavy atom. The monoisotopic (exact) mass is 422 g/mol. The molecule has 0 heterocycles. The van der Waals surface area contributed by atoms with E-state index in [0.717, 1.165) is 12.1 Å². The lowest BCUT2D eigenvalue weighted by atomic mass is 10.1. The van der Waals surface area contributed by atoms with Gasteiger partial charge in [0.15, 0.2) is 0 Å². The van der Waals surface area contributed by atoms with Crippen molar-refractivity contribution in [1.29, 1.82) is 0 Å². The third kappa shape index (κ3) is 5.17.